The maximum atomic E-state index is 9.81. The zero-order chi connectivity index (χ0) is 14.4. The van der Waals surface area contributed by atoms with Gasteiger partial charge in [-0.2, -0.15) is 0 Å². The lowest BCUT2D eigenvalue weighted by atomic mass is 9.90. The van der Waals surface area contributed by atoms with Crippen LogP contribution in [0.15, 0.2) is 0 Å². The van der Waals surface area contributed by atoms with Crippen molar-refractivity contribution in [2.45, 2.75) is 89.3 Å². The summed E-state index contributed by atoms with van der Waals surface area (Å²) in [6, 6.07) is 1.49. The third-order valence-electron chi connectivity index (χ3n) is 5.39. The van der Waals surface area contributed by atoms with Crippen molar-refractivity contribution >= 4 is 0 Å². The van der Waals surface area contributed by atoms with Crippen LogP contribution in [0.25, 0.3) is 0 Å². The van der Waals surface area contributed by atoms with Crippen LogP contribution in [0.5, 0.6) is 0 Å². The Kier molecular flexibility index (Phi) is 6.31. The van der Waals surface area contributed by atoms with Crippen molar-refractivity contribution in [3.63, 3.8) is 0 Å². The Labute approximate surface area is 125 Å². The van der Waals surface area contributed by atoms with Gasteiger partial charge in [0.25, 0.3) is 0 Å². The molecular weight excluding hydrogens is 248 g/mol. The molecule has 2 unspecified atom stereocenters. The predicted molar refractivity (Wildman–Crippen MR) is 85.0 cm³/mol. The topological polar surface area (TPSA) is 35.5 Å². The lowest BCUT2D eigenvalue weighted by Gasteiger charge is -2.37. The molecule has 1 saturated carbocycles. The van der Waals surface area contributed by atoms with E-state index < -0.39 is 0 Å². The van der Waals surface area contributed by atoms with Crippen molar-refractivity contribution in [1.29, 1.82) is 0 Å². The van der Waals surface area contributed by atoms with Crippen molar-refractivity contribution in [1.82, 2.24) is 10.2 Å². The summed E-state index contributed by atoms with van der Waals surface area (Å²) in [6.45, 7) is 7.32. The number of aliphatic hydroxyl groups excluding tert-OH is 1. The second kappa shape index (κ2) is 7.77. The minimum absolute atomic E-state index is 0.0152. The highest BCUT2D eigenvalue weighted by atomic mass is 16.3. The summed E-state index contributed by atoms with van der Waals surface area (Å²) in [5.74, 6) is 0. The molecule has 2 fully saturated rings. The van der Waals surface area contributed by atoms with Crippen molar-refractivity contribution in [3.8, 4) is 0 Å². The van der Waals surface area contributed by atoms with Crippen LogP contribution in [0, 0.1) is 0 Å². The molecule has 1 saturated heterocycles. The molecule has 0 aromatic carbocycles. The Morgan fingerprint density at radius 2 is 2.00 bits per heavy atom. The van der Waals surface area contributed by atoms with Gasteiger partial charge in [0.15, 0.2) is 0 Å². The van der Waals surface area contributed by atoms with Gasteiger partial charge in [-0.25, -0.2) is 0 Å². The average molecular weight is 282 g/mol. The summed E-state index contributed by atoms with van der Waals surface area (Å²) in [5.41, 5.74) is -0.0152. The second-order valence-corrected chi connectivity index (χ2v) is 6.91. The fraction of sp³-hybridized carbons (Fsp3) is 1.00. The van der Waals surface area contributed by atoms with E-state index >= 15 is 0 Å². The molecule has 2 aliphatic rings. The molecule has 118 valence electrons. The van der Waals surface area contributed by atoms with Gasteiger partial charge in [0.05, 0.1) is 6.61 Å². The second-order valence-electron chi connectivity index (χ2n) is 6.91. The standard InChI is InChI=1S/C17H34N2O/c1-3-16-8-5-6-12-19(16)13-7-11-17(4-2,14-20)18-15-9-10-15/h15-16,18,20H,3-14H2,1-2H3. The van der Waals surface area contributed by atoms with Crippen LogP contribution in [0.1, 0.15) is 71.6 Å². The third-order valence-corrected chi connectivity index (χ3v) is 5.39. The number of rotatable bonds is 9. The fourth-order valence-electron chi connectivity index (χ4n) is 3.69. The Balaban J connectivity index is 1.76. The first-order chi connectivity index (χ1) is 9.73. The lowest BCUT2D eigenvalue weighted by Crippen LogP contribution is -2.50. The normalized spacial score (nSPS) is 27.4. The average Bonchev–Trinajstić information content (AvgIpc) is 3.30. The number of nitrogens with one attached hydrogen (secondary N) is 1. The molecule has 1 aliphatic heterocycles. The number of aliphatic hydroxyl groups is 1. The van der Waals surface area contributed by atoms with Gasteiger partial charge < -0.3 is 15.3 Å². The molecule has 0 bridgehead atoms. The quantitative estimate of drug-likeness (QED) is 0.682. The highest BCUT2D eigenvalue weighted by Gasteiger charge is 2.34. The van der Waals surface area contributed by atoms with E-state index in [1.54, 1.807) is 0 Å². The molecule has 20 heavy (non-hydrogen) atoms. The predicted octanol–water partition coefficient (Wildman–Crippen LogP) is 2.92. The summed E-state index contributed by atoms with van der Waals surface area (Å²) in [5, 5.41) is 13.5. The monoisotopic (exact) mass is 282 g/mol. The number of hydrogen-bond acceptors (Lipinski definition) is 3. The lowest BCUT2D eigenvalue weighted by molar-refractivity contribution is 0.115. The van der Waals surface area contributed by atoms with Crippen LogP contribution in [0.3, 0.4) is 0 Å². The first-order valence-corrected chi connectivity index (χ1v) is 8.85. The van der Waals surface area contributed by atoms with Gasteiger partial charge in [0.2, 0.25) is 0 Å². The van der Waals surface area contributed by atoms with E-state index in [2.05, 4.69) is 24.1 Å². The minimum Gasteiger partial charge on any atom is -0.394 e. The minimum atomic E-state index is -0.0152. The van der Waals surface area contributed by atoms with Crippen molar-refractivity contribution in [3.05, 3.63) is 0 Å². The third kappa shape index (κ3) is 4.44. The molecule has 2 atom stereocenters. The molecular formula is C17H34N2O. The van der Waals surface area contributed by atoms with Gasteiger partial charge in [-0.15, -0.1) is 0 Å². The van der Waals surface area contributed by atoms with Crippen molar-refractivity contribution in [2.75, 3.05) is 19.7 Å². The highest BCUT2D eigenvalue weighted by molar-refractivity contribution is 4.94. The Hall–Kier alpha value is -0.120. The van der Waals surface area contributed by atoms with Crippen LogP contribution >= 0.6 is 0 Å². The van der Waals surface area contributed by atoms with Gasteiger partial charge in [-0.05, 0) is 64.5 Å². The number of likely N-dealkylation sites (tertiary alicyclic amines) is 1. The summed E-state index contributed by atoms with van der Waals surface area (Å²) in [7, 11) is 0. The summed E-state index contributed by atoms with van der Waals surface area (Å²) < 4.78 is 0. The van der Waals surface area contributed by atoms with E-state index in [-0.39, 0.29) is 12.1 Å². The zero-order valence-electron chi connectivity index (χ0n) is 13.5. The number of piperidine rings is 1. The van der Waals surface area contributed by atoms with Crippen molar-refractivity contribution < 1.29 is 5.11 Å². The molecule has 0 radical (unpaired) electrons. The molecule has 1 heterocycles. The Morgan fingerprint density at radius 3 is 2.60 bits per heavy atom. The molecule has 2 N–H and O–H groups in total. The molecule has 0 amide bonds. The summed E-state index contributed by atoms with van der Waals surface area (Å²) in [4.78, 5) is 2.69. The number of hydrogen-bond donors (Lipinski definition) is 2. The van der Waals surface area contributed by atoms with Crippen LogP contribution in [0.2, 0.25) is 0 Å². The molecule has 2 rings (SSSR count). The Morgan fingerprint density at radius 1 is 1.20 bits per heavy atom. The van der Waals surface area contributed by atoms with Crippen molar-refractivity contribution in [2.24, 2.45) is 0 Å². The summed E-state index contributed by atoms with van der Waals surface area (Å²) in [6.07, 6.45) is 11.4. The fourth-order valence-corrected chi connectivity index (χ4v) is 3.69. The van der Waals surface area contributed by atoms with Gasteiger partial charge in [0, 0.05) is 17.6 Å². The van der Waals surface area contributed by atoms with Crippen LogP contribution in [0.4, 0.5) is 0 Å². The van der Waals surface area contributed by atoms with E-state index in [1.165, 1.54) is 58.0 Å². The number of nitrogens with zero attached hydrogens (tertiary/aromatic N) is 1. The molecule has 0 aromatic heterocycles. The Bertz CT molecular complexity index is 274. The van der Waals surface area contributed by atoms with Crippen LogP contribution < -0.4 is 5.32 Å². The first kappa shape index (κ1) is 16.3. The van der Waals surface area contributed by atoms with Crippen LogP contribution in [-0.4, -0.2) is 47.3 Å². The first-order valence-electron chi connectivity index (χ1n) is 8.85. The van der Waals surface area contributed by atoms with E-state index in [0.717, 1.165) is 18.9 Å². The van der Waals surface area contributed by atoms with E-state index in [9.17, 15) is 5.11 Å². The van der Waals surface area contributed by atoms with Gasteiger partial charge >= 0.3 is 0 Å². The van der Waals surface area contributed by atoms with Crippen LogP contribution in [-0.2, 0) is 0 Å². The zero-order valence-corrected chi connectivity index (χ0v) is 13.5. The smallest absolute Gasteiger partial charge is 0.0613 e. The van der Waals surface area contributed by atoms with Gasteiger partial charge in [-0.3, -0.25) is 0 Å². The molecule has 1 aliphatic carbocycles. The largest absolute Gasteiger partial charge is 0.394 e. The maximum absolute atomic E-state index is 9.81. The maximum Gasteiger partial charge on any atom is 0.0613 e. The SMILES string of the molecule is CCC1CCCCN1CCCC(CC)(CO)NC1CC1. The molecule has 0 spiro atoms. The van der Waals surface area contributed by atoms with Gasteiger partial charge in [0.1, 0.15) is 0 Å². The molecule has 3 nitrogen and oxygen atoms in total. The van der Waals surface area contributed by atoms with Gasteiger partial charge in [-0.1, -0.05) is 20.3 Å². The van der Waals surface area contributed by atoms with E-state index in [0.29, 0.717) is 6.04 Å². The molecule has 0 aromatic rings. The van der Waals surface area contributed by atoms with E-state index in [4.69, 9.17) is 0 Å². The summed E-state index contributed by atoms with van der Waals surface area (Å²) >= 11 is 0. The highest BCUT2D eigenvalue weighted by Crippen LogP contribution is 2.27. The van der Waals surface area contributed by atoms with E-state index in [1.807, 2.05) is 0 Å². The molecule has 3 heteroatoms.